The smallest absolute Gasteiger partial charge is 0.252 e. The highest BCUT2D eigenvalue weighted by Gasteiger charge is 2.30. The largest absolute Gasteiger partial charge is 0.322 e. The minimum absolute atomic E-state index is 0.0169. The van der Waals surface area contributed by atoms with Crippen LogP contribution < -0.4 is 5.32 Å². The zero-order valence-corrected chi connectivity index (χ0v) is 17.1. The summed E-state index contributed by atoms with van der Waals surface area (Å²) in [5.74, 6) is -0.962. The number of carbonyl (C=O) groups excluding carboxylic acids is 1. The summed E-state index contributed by atoms with van der Waals surface area (Å²) in [4.78, 5) is 14.0. The Morgan fingerprint density at radius 1 is 1.15 bits per heavy atom. The molecule has 0 radical (unpaired) electrons. The first-order chi connectivity index (χ1) is 12.8. The van der Waals surface area contributed by atoms with E-state index in [4.69, 9.17) is 23.2 Å². The van der Waals surface area contributed by atoms with E-state index in [-0.39, 0.29) is 29.5 Å². The summed E-state index contributed by atoms with van der Waals surface area (Å²) in [5, 5.41) is 2.80. The Balaban J connectivity index is 1.55. The molecule has 1 aromatic heterocycles. The zero-order valence-electron chi connectivity index (χ0n) is 14.0. The van der Waals surface area contributed by atoms with Crippen LogP contribution in [0.5, 0.6) is 0 Å². The van der Waals surface area contributed by atoms with Crippen molar-refractivity contribution in [2.24, 2.45) is 0 Å². The minimum atomic E-state index is -3.58. The van der Waals surface area contributed by atoms with Gasteiger partial charge >= 0.3 is 0 Å². The van der Waals surface area contributed by atoms with E-state index in [2.05, 4.69) is 5.32 Å². The number of carbonyl (C=O) groups is 1. The number of piperazine rings is 1. The molecule has 0 atom stereocenters. The van der Waals surface area contributed by atoms with Crippen molar-refractivity contribution in [3.05, 3.63) is 45.5 Å². The Hall–Kier alpha value is -1.23. The van der Waals surface area contributed by atoms with E-state index in [1.807, 2.05) is 4.90 Å². The lowest BCUT2D eigenvalue weighted by Gasteiger charge is -2.33. The molecule has 2 heterocycles. The van der Waals surface area contributed by atoms with Crippen LogP contribution in [-0.2, 0) is 14.8 Å². The van der Waals surface area contributed by atoms with Gasteiger partial charge in [0, 0.05) is 31.2 Å². The normalized spacial score (nSPS) is 16.4. The summed E-state index contributed by atoms with van der Waals surface area (Å²) in [7, 11) is -3.58. The van der Waals surface area contributed by atoms with Gasteiger partial charge in [-0.3, -0.25) is 9.69 Å². The predicted molar refractivity (Wildman–Crippen MR) is 105 cm³/mol. The van der Waals surface area contributed by atoms with Crippen molar-refractivity contribution in [2.75, 3.05) is 38.0 Å². The van der Waals surface area contributed by atoms with E-state index < -0.39 is 21.7 Å². The van der Waals surface area contributed by atoms with Crippen molar-refractivity contribution in [3.63, 3.8) is 0 Å². The zero-order chi connectivity index (χ0) is 19.6. The number of thiophene rings is 1. The molecule has 0 spiro atoms. The molecule has 27 heavy (non-hydrogen) atoms. The highest BCUT2D eigenvalue weighted by Crippen LogP contribution is 2.28. The van der Waals surface area contributed by atoms with Crippen LogP contribution in [0, 0.1) is 5.82 Å². The number of benzene rings is 1. The number of amides is 1. The van der Waals surface area contributed by atoms with Gasteiger partial charge in [0.15, 0.2) is 0 Å². The molecule has 11 heteroatoms. The molecule has 1 aliphatic rings. The second-order valence-electron chi connectivity index (χ2n) is 5.91. The lowest BCUT2D eigenvalue weighted by molar-refractivity contribution is -0.117. The number of nitrogens with one attached hydrogen (secondary N) is 1. The lowest BCUT2D eigenvalue weighted by atomic mass is 10.3. The minimum Gasteiger partial charge on any atom is -0.322 e. The van der Waals surface area contributed by atoms with Crippen LogP contribution in [0.1, 0.15) is 0 Å². The molecule has 1 amide bonds. The molecule has 0 bridgehead atoms. The van der Waals surface area contributed by atoms with Crippen LogP contribution >= 0.6 is 34.5 Å². The lowest BCUT2D eigenvalue weighted by Crippen LogP contribution is -2.50. The topological polar surface area (TPSA) is 69.7 Å². The van der Waals surface area contributed by atoms with E-state index >= 15 is 0 Å². The van der Waals surface area contributed by atoms with Gasteiger partial charge in [-0.1, -0.05) is 23.2 Å². The van der Waals surface area contributed by atoms with Gasteiger partial charge in [-0.25, -0.2) is 12.8 Å². The maximum atomic E-state index is 13.7. The fourth-order valence-electron chi connectivity index (χ4n) is 2.68. The molecule has 1 fully saturated rings. The molecule has 0 saturated carbocycles. The summed E-state index contributed by atoms with van der Waals surface area (Å²) in [5.41, 5.74) is 0.0169. The van der Waals surface area contributed by atoms with Gasteiger partial charge in [-0.05, 0) is 30.3 Å². The predicted octanol–water partition coefficient (Wildman–Crippen LogP) is 3.14. The van der Waals surface area contributed by atoms with Gasteiger partial charge in [0.1, 0.15) is 10.0 Å². The molecule has 1 aromatic carbocycles. The number of anilines is 1. The van der Waals surface area contributed by atoms with Crippen LogP contribution in [0.15, 0.2) is 34.5 Å². The Labute approximate surface area is 170 Å². The van der Waals surface area contributed by atoms with Crippen LogP contribution in [0.4, 0.5) is 10.1 Å². The molecule has 1 N–H and O–H groups in total. The van der Waals surface area contributed by atoms with E-state index in [0.717, 1.165) is 11.3 Å². The molecule has 146 valence electrons. The summed E-state index contributed by atoms with van der Waals surface area (Å²) < 4.78 is 40.8. The third-order valence-corrected chi connectivity index (χ3v) is 7.88. The molecule has 1 saturated heterocycles. The van der Waals surface area contributed by atoms with E-state index in [1.54, 1.807) is 6.07 Å². The second-order valence-corrected chi connectivity index (χ2v) is 10.2. The van der Waals surface area contributed by atoms with Crippen LogP contribution in [0.25, 0.3) is 0 Å². The molecular formula is C16H16Cl2FN3O3S2. The fourth-order valence-corrected chi connectivity index (χ4v) is 5.91. The summed E-state index contributed by atoms with van der Waals surface area (Å²) in [6.07, 6.45) is 0. The van der Waals surface area contributed by atoms with Gasteiger partial charge in [0.25, 0.3) is 10.0 Å². The van der Waals surface area contributed by atoms with Crippen molar-refractivity contribution in [1.82, 2.24) is 9.21 Å². The van der Waals surface area contributed by atoms with Crippen molar-refractivity contribution in [3.8, 4) is 0 Å². The first-order valence-electron chi connectivity index (χ1n) is 7.98. The number of sulfonamides is 1. The number of hydrogen-bond donors (Lipinski definition) is 1. The van der Waals surface area contributed by atoms with Gasteiger partial charge < -0.3 is 5.32 Å². The Morgan fingerprint density at radius 3 is 2.48 bits per heavy atom. The number of rotatable bonds is 5. The van der Waals surface area contributed by atoms with Crippen LogP contribution in [-0.4, -0.2) is 56.3 Å². The van der Waals surface area contributed by atoms with Crippen molar-refractivity contribution in [2.45, 2.75) is 4.21 Å². The Bertz CT molecular complexity index is 944. The molecule has 0 aliphatic carbocycles. The molecule has 6 nitrogen and oxygen atoms in total. The Kier molecular flexibility index (Phi) is 6.39. The Morgan fingerprint density at radius 2 is 1.85 bits per heavy atom. The first-order valence-corrected chi connectivity index (χ1v) is 11.0. The average Bonchev–Trinajstić information content (AvgIpc) is 3.06. The van der Waals surface area contributed by atoms with Crippen molar-refractivity contribution < 1.29 is 17.6 Å². The summed E-state index contributed by atoms with van der Waals surface area (Å²) in [6, 6.07) is 6.95. The maximum Gasteiger partial charge on any atom is 0.252 e. The molecule has 0 unspecified atom stereocenters. The number of halogens is 3. The third-order valence-electron chi connectivity index (χ3n) is 4.04. The summed E-state index contributed by atoms with van der Waals surface area (Å²) in [6.45, 7) is 1.34. The first kappa shape index (κ1) is 20.5. The fraction of sp³-hybridized carbons (Fsp3) is 0.312. The monoisotopic (exact) mass is 451 g/mol. The quantitative estimate of drug-likeness (QED) is 0.757. The second kappa shape index (κ2) is 8.42. The van der Waals surface area contributed by atoms with Gasteiger partial charge in [-0.15, -0.1) is 11.3 Å². The standard InChI is InChI=1S/C16H16Cl2FN3O3S2/c17-11-1-2-12(19)13(9-11)20-15(23)10-21-5-7-22(8-6-21)27(24,25)16-4-3-14(18)26-16/h1-4,9H,5-8,10H2,(H,20,23). The molecular weight excluding hydrogens is 436 g/mol. The summed E-state index contributed by atoms with van der Waals surface area (Å²) >= 11 is 12.6. The van der Waals surface area contributed by atoms with Crippen LogP contribution in [0.3, 0.4) is 0 Å². The highest BCUT2D eigenvalue weighted by atomic mass is 35.5. The van der Waals surface area contributed by atoms with Gasteiger partial charge in [0.05, 0.1) is 16.6 Å². The van der Waals surface area contributed by atoms with Gasteiger partial charge in [-0.2, -0.15) is 4.31 Å². The molecule has 2 aromatic rings. The van der Waals surface area contributed by atoms with Crippen molar-refractivity contribution >= 4 is 56.2 Å². The van der Waals surface area contributed by atoms with E-state index in [1.165, 1.54) is 28.6 Å². The van der Waals surface area contributed by atoms with Gasteiger partial charge in [0.2, 0.25) is 5.91 Å². The van der Waals surface area contributed by atoms with E-state index in [0.29, 0.717) is 22.4 Å². The van der Waals surface area contributed by atoms with E-state index in [9.17, 15) is 17.6 Å². The number of hydrogen-bond acceptors (Lipinski definition) is 5. The third kappa shape index (κ3) is 4.98. The number of nitrogens with zero attached hydrogens (tertiary/aromatic N) is 2. The van der Waals surface area contributed by atoms with Crippen molar-refractivity contribution in [1.29, 1.82) is 0 Å². The SMILES string of the molecule is O=C(CN1CCN(S(=O)(=O)c2ccc(Cl)s2)CC1)Nc1cc(Cl)ccc1F. The highest BCUT2D eigenvalue weighted by molar-refractivity contribution is 7.91. The van der Waals surface area contributed by atoms with Crippen LogP contribution in [0.2, 0.25) is 9.36 Å². The maximum absolute atomic E-state index is 13.7. The molecule has 1 aliphatic heterocycles. The molecule has 3 rings (SSSR count). The average molecular weight is 452 g/mol.